The molecule has 1 heterocycles. The van der Waals surface area contributed by atoms with Crippen molar-refractivity contribution in [1.29, 1.82) is 0 Å². The summed E-state index contributed by atoms with van der Waals surface area (Å²) < 4.78 is 5.24. The maximum absolute atomic E-state index is 12.6. The number of amides is 2. The van der Waals surface area contributed by atoms with Crippen LogP contribution in [-0.4, -0.2) is 59.5 Å². The minimum atomic E-state index is -0.607. The third-order valence-corrected chi connectivity index (χ3v) is 6.08. The van der Waals surface area contributed by atoms with Gasteiger partial charge in [-0.05, 0) is 49.5 Å². The molecule has 192 valence electrons. The molecule has 0 bridgehead atoms. The molecule has 10 nitrogen and oxygen atoms in total. The maximum atomic E-state index is 12.6. The molecule has 0 aromatic heterocycles. The Morgan fingerprint density at radius 1 is 1.17 bits per heavy atom. The minimum Gasteiger partial charge on any atom is -0.487 e. The Morgan fingerprint density at radius 2 is 1.86 bits per heavy atom. The fourth-order valence-electron chi connectivity index (χ4n) is 3.79. The standard InChI is InChI=1S/C24H28ClN5O5S/c1-4-35-21-8-5-16(13-20(21)30(33)34)22(31)27-24(36)26-17-6-7-19(18(25)14-17)28-9-11-29(12-10-28)23(32)15(2)3/h5-8,13-15H,4,9-12H2,1-3H3,(H2,26,27,31,36). The van der Waals surface area contributed by atoms with Gasteiger partial charge in [0.05, 0.1) is 22.2 Å². The molecule has 1 aliphatic heterocycles. The van der Waals surface area contributed by atoms with Crippen LogP contribution in [0.15, 0.2) is 36.4 Å². The number of hydrogen-bond donors (Lipinski definition) is 2. The molecule has 1 aliphatic rings. The number of carbonyl (C=O) groups excluding carboxylic acids is 2. The molecular weight excluding hydrogens is 506 g/mol. The van der Waals surface area contributed by atoms with Crippen molar-refractivity contribution in [3.05, 3.63) is 57.1 Å². The summed E-state index contributed by atoms with van der Waals surface area (Å²) in [5, 5.41) is 17.2. The van der Waals surface area contributed by atoms with Crippen molar-refractivity contribution >= 4 is 57.8 Å². The Bertz CT molecular complexity index is 1170. The number of nitro benzene ring substituents is 1. The third kappa shape index (κ3) is 6.61. The molecule has 0 saturated carbocycles. The van der Waals surface area contributed by atoms with Crippen LogP contribution < -0.4 is 20.3 Å². The first-order valence-electron chi connectivity index (χ1n) is 11.5. The van der Waals surface area contributed by atoms with Gasteiger partial charge in [0.2, 0.25) is 5.91 Å². The number of halogens is 1. The Balaban J connectivity index is 1.60. The van der Waals surface area contributed by atoms with Crippen LogP contribution in [0.3, 0.4) is 0 Å². The number of piperazine rings is 1. The van der Waals surface area contributed by atoms with Gasteiger partial charge < -0.3 is 19.9 Å². The predicted molar refractivity (Wildman–Crippen MR) is 143 cm³/mol. The Hall–Kier alpha value is -3.44. The molecule has 36 heavy (non-hydrogen) atoms. The first kappa shape index (κ1) is 27.2. The number of nitrogens with zero attached hydrogens (tertiary/aromatic N) is 3. The number of rotatable bonds is 7. The fourth-order valence-corrected chi connectivity index (χ4v) is 4.30. The van der Waals surface area contributed by atoms with E-state index in [1.165, 1.54) is 12.1 Å². The molecule has 0 spiro atoms. The normalized spacial score (nSPS) is 13.4. The van der Waals surface area contributed by atoms with E-state index in [1.807, 2.05) is 24.8 Å². The van der Waals surface area contributed by atoms with Crippen LogP contribution in [0, 0.1) is 16.0 Å². The first-order chi connectivity index (χ1) is 17.1. The zero-order chi connectivity index (χ0) is 26.4. The van der Waals surface area contributed by atoms with Crippen molar-refractivity contribution in [1.82, 2.24) is 10.2 Å². The van der Waals surface area contributed by atoms with Crippen LogP contribution in [0.2, 0.25) is 5.02 Å². The van der Waals surface area contributed by atoms with Crippen LogP contribution in [0.5, 0.6) is 5.75 Å². The summed E-state index contributed by atoms with van der Waals surface area (Å²) in [7, 11) is 0. The van der Waals surface area contributed by atoms with Gasteiger partial charge >= 0.3 is 5.69 Å². The molecule has 3 rings (SSSR count). The van der Waals surface area contributed by atoms with Gasteiger partial charge in [-0.2, -0.15) is 0 Å². The molecule has 0 aliphatic carbocycles. The summed E-state index contributed by atoms with van der Waals surface area (Å²) in [6.45, 7) is 8.37. The first-order valence-corrected chi connectivity index (χ1v) is 12.3. The topological polar surface area (TPSA) is 117 Å². The monoisotopic (exact) mass is 533 g/mol. The van der Waals surface area contributed by atoms with Crippen molar-refractivity contribution in [2.75, 3.05) is 43.0 Å². The third-order valence-electron chi connectivity index (χ3n) is 5.58. The van der Waals surface area contributed by atoms with Crippen molar-refractivity contribution in [3.63, 3.8) is 0 Å². The molecule has 12 heteroatoms. The van der Waals surface area contributed by atoms with E-state index in [9.17, 15) is 19.7 Å². The summed E-state index contributed by atoms with van der Waals surface area (Å²) in [5.74, 6) is -0.396. The van der Waals surface area contributed by atoms with E-state index in [0.717, 1.165) is 11.8 Å². The van der Waals surface area contributed by atoms with Crippen molar-refractivity contribution in [2.24, 2.45) is 5.92 Å². The summed E-state index contributed by atoms with van der Waals surface area (Å²) in [6.07, 6.45) is 0. The van der Waals surface area contributed by atoms with E-state index in [1.54, 1.807) is 19.1 Å². The van der Waals surface area contributed by atoms with Crippen molar-refractivity contribution in [2.45, 2.75) is 20.8 Å². The van der Waals surface area contributed by atoms with E-state index >= 15 is 0 Å². The van der Waals surface area contributed by atoms with E-state index in [-0.39, 0.29) is 40.5 Å². The van der Waals surface area contributed by atoms with E-state index in [2.05, 4.69) is 15.5 Å². The zero-order valence-electron chi connectivity index (χ0n) is 20.2. The number of anilines is 2. The number of benzene rings is 2. The van der Waals surface area contributed by atoms with Gasteiger partial charge in [-0.3, -0.25) is 25.0 Å². The molecule has 2 amide bonds. The fraction of sp³-hybridized carbons (Fsp3) is 0.375. The molecule has 0 unspecified atom stereocenters. The summed E-state index contributed by atoms with van der Waals surface area (Å²) >= 11 is 11.7. The van der Waals surface area contributed by atoms with Crippen LogP contribution in [-0.2, 0) is 4.79 Å². The predicted octanol–water partition coefficient (Wildman–Crippen LogP) is 4.08. The average Bonchev–Trinajstić information content (AvgIpc) is 2.84. The quantitative estimate of drug-likeness (QED) is 0.310. The lowest BCUT2D eigenvalue weighted by Gasteiger charge is -2.37. The molecular formula is C24H28ClN5O5S. The van der Waals surface area contributed by atoms with Crippen LogP contribution in [0.25, 0.3) is 0 Å². The molecule has 0 atom stereocenters. The van der Waals surface area contributed by atoms with Gasteiger partial charge in [0, 0.05) is 49.4 Å². The highest BCUT2D eigenvalue weighted by Gasteiger charge is 2.24. The summed E-state index contributed by atoms with van der Waals surface area (Å²) in [5.41, 5.74) is 1.17. The summed E-state index contributed by atoms with van der Waals surface area (Å²) in [4.78, 5) is 39.5. The Morgan fingerprint density at radius 3 is 2.44 bits per heavy atom. The second-order valence-corrected chi connectivity index (χ2v) is 9.23. The highest BCUT2D eigenvalue weighted by molar-refractivity contribution is 7.80. The van der Waals surface area contributed by atoms with Gasteiger partial charge in [-0.15, -0.1) is 0 Å². The van der Waals surface area contributed by atoms with Gasteiger partial charge in [0.1, 0.15) is 0 Å². The SMILES string of the molecule is CCOc1ccc(C(=O)NC(=S)Nc2ccc(N3CCN(C(=O)C(C)C)CC3)c(Cl)c2)cc1[N+](=O)[O-]. The number of nitrogens with one attached hydrogen (secondary N) is 2. The van der Waals surface area contributed by atoms with Crippen molar-refractivity contribution < 1.29 is 19.2 Å². The van der Waals surface area contributed by atoms with Gasteiger partial charge in [0.25, 0.3) is 5.91 Å². The molecule has 1 fully saturated rings. The lowest BCUT2D eigenvalue weighted by molar-refractivity contribution is -0.385. The lowest BCUT2D eigenvalue weighted by Crippen LogP contribution is -2.50. The largest absolute Gasteiger partial charge is 0.487 e. The molecule has 0 radical (unpaired) electrons. The smallest absolute Gasteiger partial charge is 0.311 e. The number of ether oxygens (including phenoxy) is 1. The lowest BCUT2D eigenvalue weighted by atomic mass is 10.1. The highest BCUT2D eigenvalue weighted by atomic mass is 35.5. The van der Waals surface area contributed by atoms with Gasteiger partial charge in [0.15, 0.2) is 10.9 Å². The Labute approximate surface area is 219 Å². The highest BCUT2D eigenvalue weighted by Crippen LogP contribution is 2.30. The second-order valence-electron chi connectivity index (χ2n) is 8.41. The van der Waals surface area contributed by atoms with Crippen LogP contribution in [0.1, 0.15) is 31.1 Å². The van der Waals surface area contributed by atoms with Crippen LogP contribution in [0.4, 0.5) is 17.1 Å². The second kappa shape index (κ2) is 12.0. The average molecular weight is 534 g/mol. The van der Waals surface area contributed by atoms with Crippen molar-refractivity contribution in [3.8, 4) is 5.75 Å². The molecule has 2 aromatic rings. The number of nitro groups is 1. The zero-order valence-corrected chi connectivity index (χ0v) is 21.8. The molecule has 1 saturated heterocycles. The van der Waals surface area contributed by atoms with Gasteiger partial charge in [-0.1, -0.05) is 25.4 Å². The maximum Gasteiger partial charge on any atom is 0.311 e. The number of carbonyl (C=O) groups is 2. The van der Waals surface area contributed by atoms with Gasteiger partial charge in [-0.25, -0.2) is 0 Å². The molecule has 2 aromatic carbocycles. The van der Waals surface area contributed by atoms with E-state index in [0.29, 0.717) is 36.9 Å². The van der Waals surface area contributed by atoms with E-state index < -0.39 is 10.8 Å². The summed E-state index contributed by atoms with van der Waals surface area (Å²) in [6, 6.07) is 9.28. The van der Waals surface area contributed by atoms with E-state index in [4.69, 9.17) is 28.6 Å². The molecule has 2 N–H and O–H groups in total. The van der Waals surface area contributed by atoms with Crippen LogP contribution >= 0.6 is 23.8 Å². The Kier molecular flexibility index (Phi) is 9.05. The minimum absolute atomic E-state index is 0.0150. The number of hydrogen-bond acceptors (Lipinski definition) is 7. The number of thiocarbonyl (C=S) groups is 1.